The third-order valence-electron chi connectivity index (χ3n) is 14.5. The van der Waals surface area contributed by atoms with Crippen molar-refractivity contribution >= 4 is 56.1 Å². The molecule has 0 atom stereocenters. The van der Waals surface area contributed by atoms with Crippen molar-refractivity contribution in [3.8, 4) is 22.6 Å². The Morgan fingerprint density at radius 3 is 1.68 bits per heavy atom. The molecule has 1 aliphatic carbocycles. The molecule has 8 aromatic carbocycles. The molecule has 0 saturated heterocycles. The second-order valence-electron chi connectivity index (χ2n) is 20.9. The Hall–Kier alpha value is -7.89. The first-order valence-electron chi connectivity index (χ1n) is 24.1. The van der Waals surface area contributed by atoms with Crippen LogP contribution in [0.4, 0.5) is 34.1 Å². The zero-order chi connectivity index (χ0) is 47.4. The fourth-order valence-electron chi connectivity index (χ4n) is 11.1. The molecule has 338 valence electrons. The molecule has 0 amide bonds. The van der Waals surface area contributed by atoms with Crippen molar-refractivity contribution in [2.45, 2.75) is 71.6 Å². The average Bonchev–Trinajstić information content (AvgIpc) is 3.87. The number of hydrogen-bond donors (Lipinski definition) is 0. The highest BCUT2D eigenvalue weighted by molar-refractivity contribution is 6.20. The quantitative estimate of drug-likeness (QED) is 0.166. The third-order valence-corrected chi connectivity index (χ3v) is 14.5. The second-order valence-corrected chi connectivity index (χ2v) is 20.9. The van der Waals surface area contributed by atoms with Crippen LogP contribution in [0.25, 0.3) is 33.1 Å². The van der Waals surface area contributed by atoms with Crippen molar-refractivity contribution in [1.82, 2.24) is 4.98 Å². The van der Waals surface area contributed by atoms with Gasteiger partial charge in [-0.3, -0.25) is 4.98 Å². The fraction of sp³-hybridized carbons (Fsp3) is 0.172. The summed E-state index contributed by atoms with van der Waals surface area (Å²) in [5.41, 5.74) is 18.5. The SMILES string of the molecule is Cc1ccccc1N(c1ccc(C(C)(C)C)cc1)c1ccc2c(c1)C1(c3ccccc3Oc3ccccc31)c1cc(N(c3ccc(C(C)(C)C)nc3)c3ccccc3C)c3oc4ccccc4c3c1-2. The van der Waals surface area contributed by atoms with E-state index in [1.807, 2.05) is 6.20 Å². The number of nitrogens with zero attached hydrogens (tertiary/aromatic N) is 3. The molecule has 0 saturated carbocycles. The molecule has 0 radical (unpaired) electrons. The molecule has 0 N–H and O–H groups in total. The van der Waals surface area contributed by atoms with Gasteiger partial charge >= 0.3 is 0 Å². The van der Waals surface area contributed by atoms with Gasteiger partial charge in [0.1, 0.15) is 17.1 Å². The van der Waals surface area contributed by atoms with Crippen LogP contribution in [0, 0.1) is 13.8 Å². The molecule has 1 aliphatic heterocycles. The summed E-state index contributed by atoms with van der Waals surface area (Å²) in [6, 6.07) is 66.2. The van der Waals surface area contributed by atoms with Gasteiger partial charge in [-0.25, -0.2) is 0 Å². The summed E-state index contributed by atoms with van der Waals surface area (Å²) in [5, 5.41) is 2.15. The van der Waals surface area contributed by atoms with E-state index < -0.39 is 5.41 Å². The number of fused-ring (bicyclic) bond motifs is 13. The van der Waals surface area contributed by atoms with E-state index in [4.69, 9.17) is 14.1 Å². The van der Waals surface area contributed by atoms with Gasteiger partial charge in [-0.2, -0.15) is 0 Å². The monoisotopic (exact) mass is 897 g/mol. The van der Waals surface area contributed by atoms with Gasteiger partial charge in [0, 0.05) is 55.8 Å². The maximum absolute atomic E-state index is 7.21. The highest BCUT2D eigenvalue weighted by Gasteiger charge is 2.53. The number of anilines is 6. The molecule has 69 heavy (non-hydrogen) atoms. The van der Waals surface area contributed by atoms with Crippen LogP contribution in [-0.2, 0) is 16.2 Å². The van der Waals surface area contributed by atoms with Crippen LogP contribution in [0.5, 0.6) is 11.5 Å². The summed E-state index contributed by atoms with van der Waals surface area (Å²) < 4.78 is 14.1. The molecule has 0 unspecified atom stereocenters. The highest BCUT2D eigenvalue weighted by atomic mass is 16.5. The summed E-state index contributed by atoms with van der Waals surface area (Å²) >= 11 is 0. The van der Waals surface area contributed by atoms with E-state index in [1.165, 1.54) is 22.3 Å². The normalized spacial score (nSPS) is 13.4. The molecule has 2 aromatic heterocycles. The average molecular weight is 898 g/mol. The summed E-state index contributed by atoms with van der Waals surface area (Å²) in [7, 11) is 0. The predicted octanol–water partition coefficient (Wildman–Crippen LogP) is 17.6. The van der Waals surface area contributed by atoms with Crippen LogP contribution < -0.4 is 14.5 Å². The van der Waals surface area contributed by atoms with E-state index in [-0.39, 0.29) is 10.8 Å². The van der Waals surface area contributed by atoms with Crippen molar-refractivity contribution in [2.24, 2.45) is 0 Å². The first-order valence-corrected chi connectivity index (χ1v) is 24.1. The lowest BCUT2D eigenvalue weighted by atomic mass is 9.66. The van der Waals surface area contributed by atoms with Crippen LogP contribution in [0.1, 0.15) is 86.2 Å². The van der Waals surface area contributed by atoms with E-state index in [9.17, 15) is 0 Å². The Labute approximate surface area is 405 Å². The molecule has 12 rings (SSSR count). The van der Waals surface area contributed by atoms with Crippen LogP contribution in [0.15, 0.2) is 193 Å². The van der Waals surface area contributed by atoms with Crippen molar-refractivity contribution in [2.75, 3.05) is 9.80 Å². The number of hydrogen-bond acceptors (Lipinski definition) is 5. The van der Waals surface area contributed by atoms with Crippen LogP contribution >= 0.6 is 0 Å². The van der Waals surface area contributed by atoms with E-state index >= 15 is 0 Å². The Morgan fingerprint density at radius 1 is 0.478 bits per heavy atom. The Kier molecular flexibility index (Phi) is 9.59. The molecule has 10 aromatic rings. The molecule has 0 bridgehead atoms. The smallest absolute Gasteiger partial charge is 0.160 e. The minimum atomic E-state index is -0.813. The minimum absolute atomic E-state index is 0.0181. The van der Waals surface area contributed by atoms with Gasteiger partial charge in [0.25, 0.3) is 0 Å². The van der Waals surface area contributed by atoms with Gasteiger partial charge in [0.05, 0.1) is 23.0 Å². The van der Waals surface area contributed by atoms with Gasteiger partial charge in [-0.1, -0.05) is 151 Å². The molecule has 1 spiro atoms. The van der Waals surface area contributed by atoms with Gasteiger partial charge in [-0.05, 0) is 131 Å². The largest absolute Gasteiger partial charge is 0.457 e. The number of furan rings is 1. The topological polar surface area (TPSA) is 41.7 Å². The number of rotatable bonds is 6. The molecule has 5 nitrogen and oxygen atoms in total. The summed E-state index contributed by atoms with van der Waals surface area (Å²) in [6.07, 6.45) is 2.03. The van der Waals surface area contributed by atoms with Gasteiger partial charge in [0.2, 0.25) is 0 Å². The summed E-state index contributed by atoms with van der Waals surface area (Å²) in [4.78, 5) is 9.92. The highest BCUT2D eigenvalue weighted by Crippen LogP contribution is 2.65. The Balaban J connectivity index is 1.22. The maximum atomic E-state index is 7.21. The molecule has 2 aliphatic rings. The third kappa shape index (κ3) is 6.54. The lowest BCUT2D eigenvalue weighted by Crippen LogP contribution is -2.32. The summed E-state index contributed by atoms with van der Waals surface area (Å²) in [5.74, 6) is 1.68. The van der Waals surface area contributed by atoms with E-state index in [0.717, 1.165) is 101 Å². The molecule has 0 fully saturated rings. The first-order chi connectivity index (χ1) is 33.3. The fourth-order valence-corrected chi connectivity index (χ4v) is 11.1. The minimum Gasteiger partial charge on any atom is -0.457 e. The molecular formula is C64H55N3O2. The van der Waals surface area contributed by atoms with Crippen molar-refractivity contribution in [3.63, 3.8) is 0 Å². The van der Waals surface area contributed by atoms with Gasteiger partial charge < -0.3 is 19.0 Å². The number of pyridine rings is 1. The zero-order valence-electron chi connectivity index (χ0n) is 40.6. The van der Waals surface area contributed by atoms with Gasteiger partial charge in [-0.15, -0.1) is 0 Å². The van der Waals surface area contributed by atoms with Crippen molar-refractivity contribution in [3.05, 3.63) is 233 Å². The van der Waals surface area contributed by atoms with Crippen LogP contribution in [0.3, 0.4) is 0 Å². The number of benzene rings is 8. The number of aromatic nitrogens is 1. The zero-order valence-corrected chi connectivity index (χ0v) is 40.6. The second kappa shape index (κ2) is 15.6. The lowest BCUT2D eigenvalue weighted by molar-refractivity contribution is 0.436. The maximum Gasteiger partial charge on any atom is 0.160 e. The summed E-state index contributed by atoms with van der Waals surface area (Å²) in [6.45, 7) is 17.8. The van der Waals surface area contributed by atoms with Gasteiger partial charge in [0.15, 0.2) is 5.58 Å². The molecule has 5 heteroatoms. The molecule has 3 heterocycles. The van der Waals surface area contributed by atoms with E-state index in [2.05, 4.69) is 247 Å². The van der Waals surface area contributed by atoms with E-state index in [0.29, 0.717) is 0 Å². The van der Waals surface area contributed by atoms with E-state index in [1.54, 1.807) is 0 Å². The van der Waals surface area contributed by atoms with Crippen molar-refractivity contribution < 1.29 is 9.15 Å². The standard InChI is InChI=1S/C64H55N3O2/c1-40-19-9-14-24-52(40)66(43-31-29-42(30-32-43)62(3,4)5)44-33-35-46-50(37-44)64(48-22-12-17-27-56(48)68-57-28-18-13-23-49(57)64)51-38-54(61-60(59(46)51)47-21-11-16-26-55(47)69-61)67(53-25-15-10-20-41(53)2)45-34-36-58(65-39-45)63(6,7)8/h9-39H,1-8H3. The lowest BCUT2D eigenvalue weighted by Gasteiger charge is -2.40. The number of ether oxygens (including phenoxy) is 1. The number of para-hydroxylation sites is 5. The number of aryl methyl sites for hydroxylation is 2. The Bertz CT molecular complexity index is 3600. The van der Waals surface area contributed by atoms with Crippen LogP contribution in [0.2, 0.25) is 0 Å². The van der Waals surface area contributed by atoms with Crippen molar-refractivity contribution in [1.29, 1.82) is 0 Å². The predicted molar refractivity (Wildman–Crippen MR) is 285 cm³/mol. The molecular weight excluding hydrogens is 843 g/mol. The Morgan fingerprint density at radius 2 is 1.06 bits per heavy atom. The first kappa shape index (κ1) is 42.5. The van der Waals surface area contributed by atoms with Crippen LogP contribution in [-0.4, -0.2) is 4.98 Å².